The highest BCUT2D eigenvalue weighted by molar-refractivity contribution is 9.10. The summed E-state index contributed by atoms with van der Waals surface area (Å²) in [5.41, 5.74) is 4.56. The van der Waals surface area contributed by atoms with E-state index in [1.807, 2.05) is 6.07 Å². The molecule has 2 N–H and O–H groups in total. The van der Waals surface area contributed by atoms with Crippen LogP contribution in [0.3, 0.4) is 0 Å². The van der Waals surface area contributed by atoms with Gasteiger partial charge in [-0.3, -0.25) is 10.1 Å². The number of nitro groups is 1. The van der Waals surface area contributed by atoms with Crippen LogP contribution in [-0.2, 0) is 0 Å². The number of benzene rings is 1. The second-order valence-corrected chi connectivity index (χ2v) is 5.45. The molecular formula is C12H14BrN3O3. The summed E-state index contributed by atoms with van der Waals surface area (Å²) < 4.78 is 6.10. The number of nitro benzene ring substituents is 1. The summed E-state index contributed by atoms with van der Waals surface area (Å²) >= 11 is 3.17. The van der Waals surface area contributed by atoms with E-state index in [1.165, 1.54) is 12.1 Å². The number of rotatable bonds is 5. The van der Waals surface area contributed by atoms with E-state index in [-0.39, 0.29) is 17.9 Å². The average molecular weight is 328 g/mol. The molecule has 0 saturated heterocycles. The zero-order valence-electron chi connectivity index (χ0n) is 10.6. The van der Waals surface area contributed by atoms with Gasteiger partial charge in [0.25, 0.3) is 0 Å². The normalized spacial score (nSPS) is 15.1. The molecule has 7 heteroatoms. The number of nitriles is 1. The Kier molecular flexibility index (Phi) is 4.86. The van der Waals surface area contributed by atoms with Crippen molar-refractivity contribution in [1.82, 2.24) is 0 Å². The number of nitrogens with zero attached hydrogens (tertiary/aromatic N) is 2. The minimum absolute atomic E-state index is 0.128. The maximum Gasteiger partial charge on any atom is 0.312 e. The summed E-state index contributed by atoms with van der Waals surface area (Å²) in [7, 11) is 0. The van der Waals surface area contributed by atoms with Gasteiger partial charge in [0, 0.05) is 17.0 Å². The highest BCUT2D eigenvalue weighted by Gasteiger charge is 2.24. The Bertz CT molecular complexity index is 525. The third-order valence-corrected chi connectivity index (χ3v) is 2.91. The summed E-state index contributed by atoms with van der Waals surface area (Å²) in [6, 6.07) is 6.50. The Morgan fingerprint density at radius 3 is 2.84 bits per heavy atom. The fourth-order valence-corrected chi connectivity index (χ4v) is 1.98. The van der Waals surface area contributed by atoms with Crippen LogP contribution in [0, 0.1) is 21.4 Å². The lowest BCUT2D eigenvalue weighted by molar-refractivity contribution is -0.386. The molecule has 0 aliphatic rings. The lowest BCUT2D eigenvalue weighted by atomic mass is 9.98. The van der Waals surface area contributed by atoms with Gasteiger partial charge in [0.15, 0.2) is 5.75 Å². The van der Waals surface area contributed by atoms with E-state index in [0.717, 1.165) is 0 Å². The van der Waals surface area contributed by atoms with Gasteiger partial charge in [0.05, 0.1) is 17.1 Å². The molecule has 0 fully saturated rings. The van der Waals surface area contributed by atoms with Crippen LogP contribution in [0.15, 0.2) is 22.7 Å². The van der Waals surface area contributed by atoms with E-state index in [4.69, 9.17) is 15.7 Å². The summed E-state index contributed by atoms with van der Waals surface area (Å²) in [5, 5.41) is 19.8. The van der Waals surface area contributed by atoms with Gasteiger partial charge < -0.3 is 10.5 Å². The lowest BCUT2D eigenvalue weighted by Gasteiger charge is -2.21. The van der Waals surface area contributed by atoms with Gasteiger partial charge in [-0.15, -0.1) is 0 Å². The van der Waals surface area contributed by atoms with E-state index in [9.17, 15) is 10.1 Å². The van der Waals surface area contributed by atoms with Gasteiger partial charge in [0.2, 0.25) is 0 Å². The molecule has 2 unspecified atom stereocenters. The Balaban J connectivity index is 2.89. The first-order valence-electron chi connectivity index (χ1n) is 5.56. The van der Waals surface area contributed by atoms with Crippen molar-refractivity contribution < 1.29 is 9.66 Å². The maximum atomic E-state index is 10.9. The van der Waals surface area contributed by atoms with E-state index < -0.39 is 16.6 Å². The molecule has 0 radical (unpaired) electrons. The van der Waals surface area contributed by atoms with Crippen LogP contribution in [0.4, 0.5) is 5.69 Å². The standard InChI is InChI=1S/C12H14BrN3O3/c1-8(6-12(2,15)7-14)19-11-4-3-9(13)5-10(11)16(17)18/h3-5,8H,6,15H2,1-2H3. The maximum absolute atomic E-state index is 10.9. The molecule has 0 aliphatic carbocycles. The van der Waals surface area contributed by atoms with Crippen molar-refractivity contribution in [2.45, 2.75) is 31.9 Å². The van der Waals surface area contributed by atoms with E-state index in [1.54, 1.807) is 19.9 Å². The van der Waals surface area contributed by atoms with E-state index in [0.29, 0.717) is 4.47 Å². The summed E-state index contributed by atoms with van der Waals surface area (Å²) in [6.07, 6.45) is -0.133. The van der Waals surface area contributed by atoms with Gasteiger partial charge >= 0.3 is 5.69 Å². The quantitative estimate of drug-likeness (QED) is 0.661. The van der Waals surface area contributed by atoms with E-state index >= 15 is 0 Å². The number of hydrogen-bond acceptors (Lipinski definition) is 5. The van der Waals surface area contributed by atoms with Crippen molar-refractivity contribution in [1.29, 1.82) is 5.26 Å². The SMILES string of the molecule is CC(CC(C)(N)C#N)Oc1ccc(Br)cc1[N+](=O)[O-]. The second-order valence-electron chi connectivity index (χ2n) is 4.53. The van der Waals surface area contributed by atoms with Crippen LogP contribution in [0.5, 0.6) is 5.75 Å². The number of halogens is 1. The van der Waals surface area contributed by atoms with Gasteiger partial charge in [-0.2, -0.15) is 5.26 Å². The molecule has 0 saturated carbocycles. The minimum atomic E-state index is -1.02. The molecule has 6 nitrogen and oxygen atoms in total. The first kappa shape index (κ1) is 15.4. The molecule has 0 heterocycles. The van der Waals surface area contributed by atoms with Crippen LogP contribution in [0.2, 0.25) is 0 Å². The van der Waals surface area contributed by atoms with Crippen molar-refractivity contribution in [3.63, 3.8) is 0 Å². The van der Waals surface area contributed by atoms with Crippen molar-refractivity contribution in [3.8, 4) is 11.8 Å². The van der Waals surface area contributed by atoms with Gasteiger partial charge in [0.1, 0.15) is 5.54 Å². The monoisotopic (exact) mass is 327 g/mol. The zero-order chi connectivity index (χ0) is 14.6. The largest absolute Gasteiger partial charge is 0.484 e. The molecule has 0 aliphatic heterocycles. The Morgan fingerprint density at radius 2 is 2.32 bits per heavy atom. The van der Waals surface area contributed by atoms with Gasteiger partial charge in [-0.25, -0.2) is 0 Å². The first-order valence-corrected chi connectivity index (χ1v) is 6.35. The van der Waals surface area contributed by atoms with Crippen molar-refractivity contribution in [2.75, 3.05) is 0 Å². The summed E-state index contributed by atoms with van der Waals surface area (Å²) in [4.78, 5) is 10.4. The van der Waals surface area contributed by atoms with Gasteiger partial charge in [-0.05, 0) is 26.0 Å². The Morgan fingerprint density at radius 1 is 1.68 bits per heavy atom. The smallest absolute Gasteiger partial charge is 0.312 e. The third-order valence-electron chi connectivity index (χ3n) is 2.41. The summed E-state index contributed by atoms with van der Waals surface area (Å²) in [5.74, 6) is 0.162. The fourth-order valence-electron chi connectivity index (χ4n) is 1.63. The summed E-state index contributed by atoms with van der Waals surface area (Å²) in [6.45, 7) is 3.30. The highest BCUT2D eigenvalue weighted by Crippen LogP contribution is 2.31. The van der Waals surface area contributed by atoms with Crippen LogP contribution in [-0.4, -0.2) is 16.6 Å². The van der Waals surface area contributed by atoms with E-state index in [2.05, 4.69) is 15.9 Å². The zero-order valence-corrected chi connectivity index (χ0v) is 12.2. The molecular weight excluding hydrogens is 314 g/mol. The van der Waals surface area contributed by atoms with Crippen LogP contribution in [0.1, 0.15) is 20.3 Å². The predicted molar refractivity (Wildman–Crippen MR) is 73.7 cm³/mol. The molecule has 1 aromatic carbocycles. The van der Waals surface area contributed by atoms with Crippen LogP contribution < -0.4 is 10.5 Å². The average Bonchev–Trinajstić information content (AvgIpc) is 2.30. The molecule has 0 bridgehead atoms. The molecule has 19 heavy (non-hydrogen) atoms. The topological polar surface area (TPSA) is 102 Å². The molecule has 1 rings (SSSR count). The predicted octanol–water partition coefficient (Wildman–Crippen LogP) is 2.76. The number of ether oxygens (including phenoxy) is 1. The van der Waals surface area contributed by atoms with Crippen LogP contribution in [0.25, 0.3) is 0 Å². The lowest BCUT2D eigenvalue weighted by Crippen LogP contribution is -2.38. The number of nitrogens with two attached hydrogens (primary N) is 1. The molecule has 1 aromatic rings. The minimum Gasteiger partial charge on any atom is -0.484 e. The Labute approximate surface area is 119 Å². The molecule has 0 spiro atoms. The fraction of sp³-hybridized carbons (Fsp3) is 0.417. The van der Waals surface area contributed by atoms with Crippen molar-refractivity contribution in [3.05, 3.63) is 32.8 Å². The van der Waals surface area contributed by atoms with Crippen molar-refractivity contribution in [2.24, 2.45) is 5.73 Å². The van der Waals surface area contributed by atoms with Crippen LogP contribution >= 0.6 is 15.9 Å². The Hall–Kier alpha value is -1.65. The second kappa shape index (κ2) is 5.99. The van der Waals surface area contributed by atoms with Gasteiger partial charge in [-0.1, -0.05) is 15.9 Å². The molecule has 0 aromatic heterocycles. The first-order chi connectivity index (χ1) is 8.75. The number of hydrogen-bond donors (Lipinski definition) is 1. The third kappa shape index (κ3) is 4.50. The van der Waals surface area contributed by atoms with Crippen molar-refractivity contribution >= 4 is 21.6 Å². The highest BCUT2D eigenvalue weighted by atomic mass is 79.9. The molecule has 102 valence electrons. The molecule has 2 atom stereocenters. The molecule has 0 amide bonds.